The van der Waals surface area contributed by atoms with Gasteiger partial charge in [-0.3, -0.25) is 9.69 Å². The molecule has 0 aromatic heterocycles. The number of esters is 1. The molecule has 116 valence electrons. The van der Waals surface area contributed by atoms with Crippen molar-refractivity contribution in [2.75, 3.05) is 32.9 Å². The molecular formula is C15H19ClFNO3. The molecule has 4 nitrogen and oxygen atoms in total. The van der Waals surface area contributed by atoms with Crippen LogP contribution in [0.3, 0.4) is 0 Å². The molecule has 0 aliphatic carbocycles. The second kappa shape index (κ2) is 7.73. The van der Waals surface area contributed by atoms with E-state index >= 15 is 0 Å². The molecule has 1 aromatic carbocycles. The van der Waals surface area contributed by atoms with Gasteiger partial charge in [-0.25, -0.2) is 4.39 Å². The highest BCUT2D eigenvalue weighted by Crippen LogP contribution is 2.28. The highest BCUT2D eigenvalue weighted by atomic mass is 35.5. The van der Waals surface area contributed by atoms with E-state index in [9.17, 15) is 9.18 Å². The summed E-state index contributed by atoms with van der Waals surface area (Å²) >= 11 is 5.93. The fourth-order valence-electron chi connectivity index (χ4n) is 2.49. The highest BCUT2D eigenvalue weighted by Gasteiger charge is 2.26. The summed E-state index contributed by atoms with van der Waals surface area (Å²) in [6, 6.07) is 4.13. The Bertz CT molecular complexity index is 472. The lowest BCUT2D eigenvalue weighted by Gasteiger charge is -2.34. The Labute approximate surface area is 128 Å². The first kappa shape index (κ1) is 16.2. The van der Waals surface area contributed by atoms with Crippen molar-refractivity contribution in [3.8, 4) is 0 Å². The number of morpholine rings is 1. The van der Waals surface area contributed by atoms with E-state index in [-0.39, 0.29) is 18.4 Å². The van der Waals surface area contributed by atoms with Crippen LogP contribution in [-0.4, -0.2) is 43.8 Å². The largest absolute Gasteiger partial charge is 0.466 e. The van der Waals surface area contributed by atoms with Gasteiger partial charge in [-0.1, -0.05) is 11.6 Å². The van der Waals surface area contributed by atoms with Crippen molar-refractivity contribution < 1.29 is 18.7 Å². The van der Waals surface area contributed by atoms with Crippen LogP contribution in [0.2, 0.25) is 5.02 Å². The molecule has 0 spiro atoms. The lowest BCUT2D eigenvalue weighted by Crippen LogP contribution is -2.40. The Morgan fingerprint density at radius 1 is 1.43 bits per heavy atom. The molecule has 1 unspecified atom stereocenters. The first-order chi connectivity index (χ1) is 10.1. The van der Waals surface area contributed by atoms with Gasteiger partial charge in [-0.2, -0.15) is 0 Å². The van der Waals surface area contributed by atoms with Gasteiger partial charge >= 0.3 is 5.97 Å². The third-order valence-electron chi connectivity index (χ3n) is 3.42. The third-order valence-corrected chi connectivity index (χ3v) is 3.64. The maximum atomic E-state index is 13.6. The van der Waals surface area contributed by atoms with Crippen molar-refractivity contribution in [2.45, 2.75) is 19.4 Å². The van der Waals surface area contributed by atoms with Crippen LogP contribution >= 0.6 is 11.6 Å². The summed E-state index contributed by atoms with van der Waals surface area (Å²) in [5.74, 6) is -0.700. The van der Waals surface area contributed by atoms with Crippen LogP contribution in [0.15, 0.2) is 18.2 Å². The molecule has 0 saturated carbocycles. The number of nitrogens with zero attached hydrogens (tertiary/aromatic N) is 1. The number of hydrogen-bond donors (Lipinski definition) is 0. The van der Waals surface area contributed by atoms with E-state index in [4.69, 9.17) is 21.1 Å². The van der Waals surface area contributed by atoms with Crippen molar-refractivity contribution in [3.63, 3.8) is 0 Å². The summed E-state index contributed by atoms with van der Waals surface area (Å²) < 4.78 is 23.9. The minimum absolute atomic E-state index is 0.174. The first-order valence-electron chi connectivity index (χ1n) is 7.03. The van der Waals surface area contributed by atoms with Crippen LogP contribution in [-0.2, 0) is 14.3 Å². The number of benzene rings is 1. The van der Waals surface area contributed by atoms with E-state index in [0.717, 1.165) is 0 Å². The van der Waals surface area contributed by atoms with E-state index in [0.29, 0.717) is 43.5 Å². The number of halogens is 2. The molecular weight excluding hydrogens is 297 g/mol. The zero-order valence-electron chi connectivity index (χ0n) is 12.0. The zero-order valence-corrected chi connectivity index (χ0v) is 12.7. The Morgan fingerprint density at radius 2 is 2.14 bits per heavy atom. The van der Waals surface area contributed by atoms with E-state index in [2.05, 4.69) is 4.90 Å². The van der Waals surface area contributed by atoms with Crippen LogP contribution in [0.5, 0.6) is 0 Å². The van der Waals surface area contributed by atoms with Crippen LogP contribution < -0.4 is 0 Å². The molecule has 0 amide bonds. The average Bonchev–Trinajstić information content (AvgIpc) is 2.45. The summed E-state index contributed by atoms with van der Waals surface area (Å²) in [5.41, 5.74) is 0.690. The zero-order chi connectivity index (χ0) is 15.2. The van der Waals surface area contributed by atoms with Crippen LogP contribution in [0, 0.1) is 5.82 Å². The number of carbonyl (C=O) groups is 1. The van der Waals surface area contributed by atoms with E-state index in [1.165, 1.54) is 12.1 Å². The minimum Gasteiger partial charge on any atom is -0.466 e. The van der Waals surface area contributed by atoms with Crippen LogP contribution in [0.4, 0.5) is 4.39 Å². The predicted molar refractivity (Wildman–Crippen MR) is 77.8 cm³/mol. The minimum atomic E-state index is -0.403. The maximum absolute atomic E-state index is 13.6. The molecule has 0 bridgehead atoms. The van der Waals surface area contributed by atoms with Gasteiger partial charge in [0, 0.05) is 24.2 Å². The molecule has 2 rings (SSSR count). The highest BCUT2D eigenvalue weighted by molar-refractivity contribution is 6.30. The monoisotopic (exact) mass is 315 g/mol. The molecule has 1 aromatic rings. The van der Waals surface area contributed by atoms with Gasteiger partial charge in [0.25, 0.3) is 0 Å². The van der Waals surface area contributed by atoms with Gasteiger partial charge in [0.2, 0.25) is 0 Å². The van der Waals surface area contributed by atoms with Crippen molar-refractivity contribution in [1.29, 1.82) is 0 Å². The summed E-state index contributed by atoms with van der Waals surface area (Å²) in [4.78, 5) is 13.9. The predicted octanol–water partition coefficient (Wildman–Crippen LogP) is 2.81. The summed E-state index contributed by atoms with van der Waals surface area (Å²) in [7, 11) is 0. The standard InChI is InChI=1S/C15H19ClFNO3/c1-2-21-15(19)10-14(18-3-5-20-6-4-18)11-7-12(16)9-13(17)8-11/h7-9,14H,2-6,10H2,1H3. The Morgan fingerprint density at radius 3 is 2.76 bits per heavy atom. The summed E-state index contributed by atoms with van der Waals surface area (Å²) in [6.07, 6.45) is 0.174. The molecule has 1 saturated heterocycles. The number of ether oxygens (including phenoxy) is 2. The second-order valence-corrected chi connectivity index (χ2v) is 5.31. The van der Waals surface area contributed by atoms with Crippen molar-refractivity contribution >= 4 is 17.6 Å². The van der Waals surface area contributed by atoms with Gasteiger partial charge in [0.1, 0.15) is 5.82 Å². The topological polar surface area (TPSA) is 38.8 Å². The molecule has 1 aliphatic heterocycles. The molecule has 0 N–H and O–H groups in total. The second-order valence-electron chi connectivity index (χ2n) is 4.88. The lowest BCUT2D eigenvalue weighted by molar-refractivity contribution is -0.145. The lowest BCUT2D eigenvalue weighted by atomic mass is 10.0. The van der Waals surface area contributed by atoms with Gasteiger partial charge in [-0.05, 0) is 30.7 Å². The fourth-order valence-corrected chi connectivity index (χ4v) is 2.72. The quantitative estimate of drug-likeness (QED) is 0.783. The number of carbonyl (C=O) groups excluding carboxylic acids is 1. The molecule has 21 heavy (non-hydrogen) atoms. The average molecular weight is 316 g/mol. The van der Waals surface area contributed by atoms with Gasteiger partial charge in [0.05, 0.1) is 26.2 Å². The Kier molecular flexibility index (Phi) is 5.96. The Hall–Kier alpha value is -1.17. The third kappa shape index (κ3) is 4.66. The number of hydrogen-bond acceptors (Lipinski definition) is 4. The maximum Gasteiger partial charge on any atom is 0.307 e. The first-order valence-corrected chi connectivity index (χ1v) is 7.41. The van der Waals surface area contributed by atoms with E-state index in [1.54, 1.807) is 13.0 Å². The summed E-state index contributed by atoms with van der Waals surface area (Å²) in [5, 5.41) is 0.326. The van der Waals surface area contributed by atoms with Gasteiger partial charge in [-0.15, -0.1) is 0 Å². The van der Waals surface area contributed by atoms with Crippen molar-refractivity contribution in [3.05, 3.63) is 34.6 Å². The molecule has 1 heterocycles. The van der Waals surface area contributed by atoms with Gasteiger partial charge in [0.15, 0.2) is 0 Å². The summed E-state index contributed by atoms with van der Waals surface area (Å²) in [6.45, 7) is 4.68. The van der Waals surface area contributed by atoms with E-state index < -0.39 is 5.82 Å². The normalized spacial score (nSPS) is 17.5. The smallest absolute Gasteiger partial charge is 0.307 e. The van der Waals surface area contributed by atoms with Crippen molar-refractivity contribution in [2.24, 2.45) is 0 Å². The fraction of sp³-hybridized carbons (Fsp3) is 0.533. The number of rotatable bonds is 5. The SMILES string of the molecule is CCOC(=O)CC(c1cc(F)cc(Cl)c1)N1CCOCC1. The molecule has 1 aliphatic rings. The van der Waals surface area contributed by atoms with Crippen LogP contribution in [0.25, 0.3) is 0 Å². The molecule has 6 heteroatoms. The molecule has 1 fully saturated rings. The van der Waals surface area contributed by atoms with E-state index in [1.807, 2.05) is 0 Å². The molecule has 0 radical (unpaired) electrons. The van der Waals surface area contributed by atoms with Crippen LogP contribution in [0.1, 0.15) is 24.9 Å². The Balaban J connectivity index is 2.22. The van der Waals surface area contributed by atoms with Gasteiger partial charge < -0.3 is 9.47 Å². The van der Waals surface area contributed by atoms with Crippen molar-refractivity contribution in [1.82, 2.24) is 4.90 Å². The molecule has 1 atom stereocenters.